The molecule has 39 heavy (non-hydrogen) atoms. The molecule has 2 N–H and O–H groups in total. The molecule has 206 valence electrons. The van der Waals surface area contributed by atoms with Gasteiger partial charge >= 0.3 is 5.97 Å². The van der Waals surface area contributed by atoms with Crippen LogP contribution in [0.3, 0.4) is 0 Å². The molecule has 6 rings (SSSR count). The first-order valence-corrected chi connectivity index (χ1v) is 14.9. The van der Waals surface area contributed by atoms with Crippen molar-refractivity contribution < 1.29 is 14.6 Å². The van der Waals surface area contributed by atoms with Crippen molar-refractivity contribution >= 4 is 40.0 Å². The van der Waals surface area contributed by atoms with Gasteiger partial charge in [0, 0.05) is 25.2 Å². The lowest BCUT2D eigenvalue weighted by molar-refractivity contribution is 0.0531. The number of aliphatic hydroxyl groups excluding tert-OH is 1. The molecule has 9 nitrogen and oxygen atoms in total. The summed E-state index contributed by atoms with van der Waals surface area (Å²) in [5.74, 6) is 2.07. The molecule has 4 heterocycles. The van der Waals surface area contributed by atoms with Crippen LogP contribution in [0.25, 0.3) is 0 Å². The van der Waals surface area contributed by atoms with Crippen molar-refractivity contribution in [2.45, 2.75) is 70.9 Å². The van der Waals surface area contributed by atoms with E-state index >= 15 is 0 Å². The van der Waals surface area contributed by atoms with Gasteiger partial charge in [-0.3, -0.25) is 5.32 Å². The number of aromatic nitrogens is 3. The minimum atomic E-state index is -0.359. The van der Waals surface area contributed by atoms with E-state index < -0.39 is 0 Å². The van der Waals surface area contributed by atoms with Crippen LogP contribution in [-0.4, -0.2) is 58.4 Å². The van der Waals surface area contributed by atoms with Crippen molar-refractivity contribution in [3.05, 3.63) is 51.5 Å². The molecule has 2 aliphatic heterocycles. The van der Waals surface area contributed by atoms with Crippen molar-refractivity contribution in [2.24, 2.45) is 0 Å². The van der Waals surface area contributed by atoms with Crippen molar-refractivity contribution in [3.8, 4) is 0 Å². The van der Waals surface area contributed by atoms with E-state index in [9.17, 15) is 9.90 Å². The fraction of sp³-hybridized carbons (Fsp3) is 0.517. The van der Waals surface area contributed by atoms with Crippen LogP contribution in [0.5, 0.6) is 0 Å². The lowest BCUT2D eigenvalue weighted by Gasteiger charge is -2.35. The molecule has 1 atom stereocenters. The van der Waals surface area contributed by atoms with Gasteiger partial charge in [-0.15, -0.1) is 0 Å². The largest absolute Gasteiger partial charge is 0.462 e. The van der Waals surface area contributed by atoms with E-state index in [0.29, 0.717) is 28.3 Å². The van der Waals surface area contributed by atoms with E-state index in [1.165, 1.54) is 28.0 Å². The maximum Gasteiger partial charge on any atom is 0.350 e. The molecule has 1 aliphatic carbocycles. The molecule has 0 amide bonds. The number of fused-ring (bicyclic) bond motifs is 2. The van der Waals surface area contributed by atoms with Crippen LogP contribution >= 0.6 is 11.3 Å². The smallest absolute Gasteiger partial charge is 0.350 e. The van der Waals surface area contributed by atoms with Gasteiger partial charge < -0.3 is 19.6 Å². The first-order chi connectivity index (χ1) is 19.0. The van der Waals surface area contributed by atoms with Gasteiger partial charge in [0.15, 0.2) is 5.13 Å². The summed E-state index contributed by atoms with van der Waals surface area (Å²) in [4.78, 5) is 32.5. The third-order valence-electron chi connectivity index (χ3n) is 8.03. The molecule has 10 heteroatoms. The van der Waals surface area contributed by atoms with Gasteiger partial charge in [0.05, 0.1) is 24.4 Å². The zero-order chi connectivity index (χ0) is 26.9. The first kappa shape index (κ1) is 26.0. The van der Waals surface area contributed by atoms with Crippen molar-refractivity contribution in [2.75, 3.05) is 41.4 Å². The molecular weight excluding hydrogens is 512 g/mol. The highest BCUT2D eigenvalue weighted by Gasteiger charge is 2.34. The highest BCUT2D eigenvalue weighted by molar-refractivity contribution is 7.17. The van der Waals surface area contributed by atoms with Crippen LogP contribution in [0.15, 0.2) is 24.3 Å². The molecular formula is C29H36N6O3S. The molecule has 1 aromatic carbocycles. The zero-order valence-corrected chi connectivity index (χ0v) is 23.5. The second-order valence-corrected chi connectivity index (χ2v) is 11.6. The summed E-state index contributed by atoms with van der Waals surface area (Å²) in [5.41, 5.74) is 4.65. The Kier molecular flexibility index (Phi) is 7.40. The van der Waals surface area contributed by atoms with Gasteiger partial charge in [-0.1, -0.05) is 35.6 Å². The molecule has 1 unspecified atom stereocenters. The van der Waals surface area contributed by atoms with Crippen LogP contribution in [0.1, 0.15) is 77.1 Å². The zero-order valence-electron chi connectivity index (χ0n) is 22.7. The number of piperidine rings is 1. The normalized spacial score (nSPS) is 19.4. The number of anilines is 4. The second-order valence-electron chi connectivity index (χ2n) is 10.6. The average Bonchev–Trinajstić information content (AvgIpc) is 3.46. The van der Waals surface area contributed by atoms with Crippen molar-refractivity contribution in [3.63, 3.8) is 0 Å². The number of nitrogens with one attached hydrogen (secondary N) is 1. The van der Waals surface area contributed by atoms with Crippen molar-refractivity contribution in [1.82, 2.24) is 15.0 Å². The van der Waals surface area contributed by atoms with Crippen LogP contribution in [0.2, 0.25) is 0 Å². The number of ether oxygens (including phenoxy) is 1. The number of aryl methyl sites for hydroxylation is 2. The third-order valence-corrected chi connectivity index (χ3v) is 9.08. The van der Waals surface area contributed by atoms with Crippen LogP contribution in [0, 0.1) is 6.92 Å². The second kappa shape index (κ2) is 11.1. The molecule has 0 saturated carbocycles. The Bertz CT molecular complexity index is 1350. The summed E-state index contributed by atoms with van der Waals surface area (Å²) in [6, 6.07) is 9.07. The molecule has 0 radical (unpaired) electrons. The first-order valence-electron chi connectivity index (χ1n) is 14.1. The fourth-order valence-corrected chi connectivity index (χ4v) is 6.95. The minimum absolute atomic E-state index is 0.259. The third kappa shape index (κ3) is 5.19. The van der Waals surface area contributed by atoms with E-state index in [-0.39, 0.29) is 18.1 Å². The van der Waals surface area contributed by atoms with E-state index in [2.05, 4.69) is 44.4 Å². The summed E-state index contributed by atoms with van der Waals surface area (Å²) < 4.78 is 5.21. The summed E-state index contributed by atoms with van der Waals surface area (Å²) in [7, 11) is 0. The summed E-state index contributed by atoms with van der Waals surface area (Å²) in [6.45, 7) is 6.41. The highest BCUT2D eigenvalue weighted by atomic mass is 32.1. The predicted molar refractivity (Wildman–Crippen MR) is 153 cm³/mol. The highest BCUT2D eigenvalue weighted by Crippen LogP contribution is 2.43. The number of carbonyl (C=O) groups is 1. The van der Waals surface area contributed by atoms with Gasteiger partial charge in [-0.05, 0) is 69.9 Å². The summed E-state index contributed by atoms with van der Waals surface area (Å²) in [6.07, 6.45) is 6.48. The van der Waals surface area contributed by atoms with Gasteiger partial charge in [0.25, 0.3) is 0 Å². The number of hydrogen-bond donors (Lipinski definition) is 2. The Morgan fingerprint density at radius 1 is 1.08 bits per heavy atom. The summed E-state index contributed by atoms with van der Waals surface area (Å²) in [5, 5.41) is 14.1. The van der Waals surface area contributed by atoms with Gasteiger partial charge in [0.1, 0.15) is 16.5 Å². The number of thiazole rings is 1. The van der Waals surface area contributed by atoms with E-state index in [4.69, 9.17) is 14.7 Å². The monoisotopic (exact) mass is 548 g/mol. The van der Waals surface area contributed by atoms with Gasteiger partial charge in [-0.2, -0.15) is 9.97 Å². The molecule has 3 aromatic rings. The van der Waals surface area contributed by atoms with Gasteiger partial charge in [-0.25, -0.2) is 9.78 Å². The molecule has 1 saturated heterocycles. The quantitative estimate of drug-likeness (QED) is 0.414. The number of esters is 1. The molecule has 0 bridgehead atoms. The minimum Gasteiger partial charge on any atom is -0.462 e. The number of nitrogens with zero attached hydrogens (tertiary/aromatic N) is 5. The van der Waals surface area contributed by atoms with Crippen LogP contribution in [-0.2, 0) is 17.6 Å². The Labute approximate surface area is 233 Å². The van der Waals surface area contributed by atoms with E-state index in [1.807, 2.05) is 6.92 Å². The van der Waals surface area contributed by atoms with E-state index in [1.54, 1.807) is 6.92 Å². The average molecular weight is 549 g/mol. The number of carbonyl (C=O) groups excluding carboxylic acids is 1. The molecule has 3 aliphatic rings. The van der Waals surface area contributed by atoms with Crippen LogP contribution in [0.4, 0.5) is 22.7 Å². The molecule has 2 aromatic heterocycles. The maximum absolute atomic E-state index is 12.4. The Balaban J connectivity index is 1.41. The van der Waals surface area contributed by atoms with Crippen LogP contribution < -0.4 is 15.1 Å². The molecule has 1 fully saturated rings. The molecule has 0 spiro atoms. The number of rotatable bonds is 6. The Morgan fingerprint density at radius 3 is 2.69 bits per heavy atom. The van der Waals surface area contributed by atoms with Gasteiger partial charge in [0.2, 0.25) is 5.95 Å². The SMILES string of the molecule is CCOC(=O)c1sc(Nc2nc(N3CCC(O)CC3)c3c(n2)N(C2CCc4ccccc42)CCCC3)nc1C. The summed E-state index contributed by atoms with van der Waals surface area (Å²) >= 11 is 1.27. The lowest BCUT2D eigenvalue weighted by Crippen LogP contribution is -2.37. The Morgan fingerprint density at radius 2 is 1.87 bits per heavy atom. The van der Waals surface area contributed by atoms with E-state index in [0.717, 1.165) is 76.2 Å². The Hall–Kier alpha value is -3.24. The maximum atomic E-state index is 12.4. The standard InChI is InChI=1S/C29H36N6O3S/c1-3-38-27(37)24-18(2)30-29(39-24)33-28-31-25(34-16-13-20(36)14-17-34)22-10-6-7-15-35(26(22)32-28)23-12-11-19-8-4-5-9-21(19)23/h4-5,8-9,20,23,36H,3,6-7,10-17H2,1-2H3,(H,30,31,32,33). The number of benzene rings is 1. The number of hydrogen-bond acceptors (Lipinski definition) is 10. The lowest BCUT2D eigenvalue weighted by atomic mass is 10.0. The topological polar surface area (TPSA) is 104 Å². The predicted octanol–water partition coefficient (Wildman–Crippen LogP) is 4.95. The van der Waals surface area contributed by atoms with Crippen molar-refractivity contribution in [1.29, 1.82) is 0 Å². The number of aliphatic hydroxyl groups is 1. The fourth-order valence-electron chi connectivity index (χ4n) is 6.10.